The van der Waals surface area contributed by atoms with E-state index < -0.39 is 15.0 Å². The molecule has 0 atom stereocenters. The van der Waals surface area contributed by atoms with E-state index in [1.165, 1.54) is 37.1 Å². The van der Waals surface area contributed by atoms with Gasteiger partial charge in [0, 0.05) is 21.5 Å². The van der Waals surface area contributed by atoms with Crippen LogP contribution in [0.4, 0.5) is 0 Å². The van der Waals surface area contributed by atoms with Gasteiger partial charge >= 0.3 is 5.97 Å². The van der Waals surface area contributed by atoms with E-state index >= 15 is 0 Å². The minimum atomic E-state index is -4.01. The molecule has 8 nitrogen and oxygen atoms in total. The minimum Gasteiger partial charge on any atom is -0.496 e. The molecule has 0 bridgehead atoms. The van der Waals surface area contributed by atoms with Crippen LogP contribution < -0.4 is 9.47 Å². The molecule has 0 aliphatic rings. The second-order valence-electron chi connectivity index (χ2n) is 6.74. The summed E-state index contributed by atoms with van der Waals surface area (Å²) in [4.78, 5) is 11.7. The smallest absolute Gasteiger partial charge is 0.356 e. The molecule has 0 aliphatic carbocycles. The van der Waals surface area contributed by atoms with E-state index in [0.717, 1.165) is 0 Å². The first-order chi connectivity index (χ1) is 15.3. The van der Waals surface area contributed by atoms with E-state index in [1.807, 2.05) is 0 Å². The summed E-state index contributed by atoms with van der Waals surface area (Å²) in [6.45, 7) is 0. The van der Waals surface area contributed by atoms with Gasteiger partial charge in [-0.3, -0.25) is 0 Å². The van der Waals surface area contributed by atoms with Crippen molar-refractivity contribution in [3.05, 3.63) is 66.4 Å². The largest absolute Gasteiger partial charge is 0.496 e. The highest BCUT2D eigenvalue weighted by Crippen LogP contribution is 2.41. The standard InChI is InChI=1S/C22H17ClN2O6S/c1-30-18-8-5-9-19(31-2)21(18)17-12-15(22(26)27)24-25(17)16-10-11-20(32(23,28)29)14-7-4-3-6-13(14)16/h3-12H,1-2H3,(H,26,27). The second-order valence-corrected chi connectivity index (χ2v) is 9.27. The van der Waals surface area contributed by atoms with Crippen LogP contribution in [0, 0.1) is 0 Å². The second kappa shape index (κ2) is 8.18. The lowest BCUT2D eigenvalue weighted by Crippen LogP contribution is -2.05. The first-order valence-electron chi connectivity index (χ1n) is 9.27. The summed E-state index contributed by atoms with van der Waals surface area (Å²) < 4.78 is 36.6. The third-order valence-electron chi connectivity index (χ3n) is 4.96. The van der Waals surface area contributed by atoms with Crippen LogP contribution in [0.25, 0.3) is 27.7 Å². The number of hydrogen-bond acceptors (Lipinski definition) is 6. The summed E-state index contributed by atoms with van der Waals surface area (Å²) in [5.74, 6) is -0.318. The molecule has 1 N–H and O–H groups in total. The molecule has 1 heterocycles. The molecule has 0 amide bonds. The summed E-state index contributed by atoms with van der Waals surface area (Å²) in [6, 6.07) is 16.2. The maximum absolute atomic E-state index is 12.1. The number of nitrogens with zero attached hydrogens (tertiary/aromatic N) is 2. The lowest BCUT2D eigenvalue weighted by atomic mass is 10.1. The number of ether oxygens (including phenoxy) is 2. The zero-order valence-corrected chi connectivity index (χ0v) is 18.5. The van der Waals surface area contributed by atoms with Crippen LogP contribution in [0.2, 0.25) is 0 Å². The van der Waals surface area contributed by atoms with Gasteiger partial charge in [0.05, 0.1) is 36.1 Å². The van der Waals surface area contributed by atoms with E-state index in [2.05, 4.69) is 5.10 Å². The van der Waals surface area contributed by atoms with Gasteiger partial charge in [0.2, 0.25) is 0 Å². The van der Waals surface area contributed by atoms with E-state index in [0.29, 0.717) is 39.2 Å². The van der Waals surface area contributed by atoms with E-state index in [1.54, 1.807) is 42.5 Å². The molecule has 0 unspecified atom stereocenters. The summed E-state index contributed by atoms with van der Waals surface area (Å²) in [5, 5.41) is 14.8. The summed E-state index contributed by atoms with van der Waals surface area (Å²) in [7, 11) is 4.60. The number of aromatic carboxylic acids is 1. The van der Waals surface area contributed by atoms with Crippen molar-refractivity contribution in [3.63, 3.8) is 0 Å². The van der Waals surface area contributed by atoms with Gasteiger partial charge in [-0.05, 0) is 30.3 Å². The number of benzene rings is 3. The Morgan fingerprint density at radius 3 is 2.16 bits per heavy atom. The Labute approximate surface area is 188 Å². The Kier molecular flexibility index (Phi) is 5.53. The maximum atomic E-state index is 12.1. The van der Waals surface area contributed by atoms with Gasteiger partial charge < -0.3 is 14.6 Å². The number of carbonyl (C=O) groups is 1. The van der Waals surface area contributed by atoms with E-state index in [-0.39, 0.29) is 10.6 Å². The maximum Gasteiger partial charge on any atom is 0.356 e. The number of rotatable bonds is 6. The monoisotopic (exact) mass is 472 g/mol. The van der Waals surface area contributed by atoms with Crippen molar-refractivity contribution in [2.45, 2.75) is 4.90 Å². The number of halogens is 1. The van der Waals surface area contributed by atoms with Crippen LogP contribution in [-0.4, -0.2) is 43.5 Å². The number of carboxylic acid groups (broad SMARTS) is 1. The fourth-order valence-electron chi connectivity index (χ4n) is 3.60. The van der Waals surface area contributed by atoms with Gasteiger partial charge in [-0.1, -0.05) is 30.3 Å². The van der Waals surface area contributed by atoms with Crippen LogP contribution in [0.15, 0.2) is 65.6 Å². The Bertz CT molecular complexity index is 1440. The molecule has 3 aromatic carbocycles. The van der Waals surface area contributed by atoms with Gasteiger partial charge in [0.25, 0.3) is 9.05 Å². The molecule has 164 valence electrons. The van der Waals surface area contributed by atoms with Crippen LogP contribution in [0.1, 0.15) is 10.5 Å². The molecule has 4 rings (SSSR count). The van der Waals surface area contributed by atoms with Gasteiger partial charge in [-0.25, -0.2) is 17.9 Å². The average Bonchev–Trinajstić information content (AvgIpc) is 3.22. The van der Waals surface area contributed by atoms with Crippen LogP contribution in [-0.2, 0) is 9.05 Å². The van der Waals surface area contributed by atoms with Crippen molar-refractivity contribution in [3.8, 4) is 28.4 Å². The summed E-state index contributed by atoms with van der Waals surface area (Å²) in [6.07, 6.45) is 0. The highest BCUT2D eigenvalue weighted by atomic mass is 35.7. The van der Waals surface area contributed by atoms with Crippen LogP contribution in [0.3, 0.4) is 0 Å². The van der Waals surface area contributed by atoms with Gasteiger partial charge in [-0.15, -0.1) is 0 Å². The minimum absolute atomic E-state index is 0.0550. The Morgan fingerprint density at radius 1 is 0.969 bits per heavy atom. The van der Waals surface area contributed by atoms with Crippen molar-refractivity contribution in [2.24, 2.45) is 0 Å². The fraction of sp³-hybridized carbons (Fsp3) is 0.0909. The molecule has 0 saturated carbocycles. The highest BCUT2D eigenvalue weighted by Gasteiger charge is 2.24. The SMILES string of the molecule is COc1cccc(OC)c1-c1cc(C(=O)O)nn1-c1ccc(S(=O)(=O)Cl)c2ccccc12. The third kappa shape index (κ3) is 3.65. The van der Waals surface area contributed by atoms with Gasteiger partial charge in [0.1, 0.15) is 11.5 Å². The first kappa shape index (κ1) is 21.7. The lowest BCUT2D eigenvalue weighted by molar-refractivity contribution is 0.0690. The molecular weight excluding hydrogens is 456 g/mol. The number of methoxy groups -OCH3 is 2. The van der Waals surface area contributed by atoms with Crippen molar-refractivity contribution in [1.29, 1.82) is 0 Å². The predicted octanol–water partition coefficient (Wildman–Crippen LogP) is 4.34. The quantitative estimate of drug-likeness (QED) is 0.416. The third-order valence-corrected chi connectivity index (χ3v) is 6.34. The molecule has 10 heteroatoms. The van der Waals surface area contributed by atoms with E-state index in [9.17, 15) is 18.3 Å². The molecule has 0 radical (unpaired) electrons. The van der Waals surface area contributed by atoms with Gasteiger partial charge in [-0.2, -0.15) is 5.10 Å². The van der Waals surface area contributed by atoms with Crippen molar-refractivity contribution in [1.82, 2.24) is 9.78 Å². The molecule has 0 fully saturated rings. The molecule has 0 aliphatic heterocycles. The molecule has 0 saturated heterocycles. The van der Waals surface area contributed by atoms with Crippen molar-refractivity contribution in [2.75, 3.05) is 14.2 Å². The summed E-state index contributed by atoms with van der Waals surface area (Å²) in [5.41, 5.74) is 1.14. The Morgan fingerprint density at radius 2 is 1.59 bits per heavy atom. The van der Waals surface area contributed by atoms with E-state index in [4.69, 9.17) is 20.2 Å². The number of carboxylic acids is 1. The molecule has 32 heavy (non-hydrogen) atoms. The zero-order chi connectivity index (χ0) is 23.0. The zero-order valence-electron chi connectivity index (χ0n) is 16.9. The number of hydrogen-bond donors (Lipinski definition) is 1. The van der Waals surface area contributed by atoms with Crippen molar-refractivity contribution >= 4 is 36.5 Å². The van der Waals surface area contributed by atoms with Crippen LogP contribution in [0.5, 0.6) is 11.5 Å². The van der Waals surface area contributed by atoms with Crippen LogP contribution >= 0.6 is 10.7 Å². The Balaban J connectivity index is 2.11. The number of fused-ring (bicyclic) bond motifs is 1. The summed E-state index contributed by atoms with van der Waals surface area (Å²) >= 11 is 0. The molecule has 4 aromatic rings. The molecule has 0 spiro atoms. The van der Waals surface area contributed by atoms with Gasteiger partial charge in [0.15, 0.2) is 5.69 Å². The molecular formula is C22H17ClN2O6S. The number of aromatic nitrogens is 2. The normalized spacial score (nSPS) is 11.5. The average molecular weight is 473 g/mol. The predicted molar refractivity (Wildman–Crippen MR) is 120 cm³/mol. The topological polar surface area (TPSA) is 108 Å². The Hall–Kier alpha value is -3.56. The van der Waals surface area contributed by atoms with Crippen molar-refractivity contribution < 1.29 is 27.8 Å². The molecule has 1 aromatic heterocycles. The highest BCUT2D eigenvalue weighted by molar-refractivity contribution is 8.14. The first-order valence-corrected chi connectivity index (χ1v) is 11.6. The lowest BCUT2D eigenvalue weighted by Gasteiger charge is -2.16. The fourth-order valence-corrected chi connectivity index (χ4v) is 4.68.